The van der Waals surface area contributed by atoms with Crippen LogP contribution < -0.4 is 10.6 Å². The molecule has 0 bridgehead atoms. The molecule has 2 atom stereocenters. The van der Waals surface area contributed by atoms with Gasteiger partial charge >= 0.3 is 0 Å². The number of carbonyl (C=O) groups is 2. The maximum atomic E-state index is 12.0. The molecule has 0 radical (unpaired) electrons. The van der Waals surface area contributed by atoms with Gasteiger partial charge in [0.1, 0.15) is 5.78 Å². The molecular weight excluding hydrogens is 268 g/mol. The van der Waals surface area contributed by atoms with Crippen molar-refractivity contribution in [3.8, 4) is 0 Å². The zero-order chi connectivity index (χ0) is 13.4. The molecule has 0 aromatic heterocycles. The number of ketones is 2. The van der Waals surface area contributed by atoms with Gasteiger partial charge in [0.2, 0.25) is 0 Å². The smallest absolute Gasteiger partial charge is 0.164 e. The van der Waals surface area contributed by atoms with E-state index in [0.29, 0.717) is 0 Å². The number of likely N-dealkylation sites (N-methyl/N-ethyl adjacent to an activating group) is 1. The Morgan fingerprint density at radius 1 is 1.33 bits per heavy atom. The monoisotopic (exact) mass is 290 g/mol. The minimum atomic E-state index is -0.191. The Hall–Kier alpha value is -0.0400. The third kappa shape index (κ3) is 5.73. The van der Waals surface area contributed by atoms with E-state index in [0.717, 1.165) is 29.4 Å². The average molecular weight is 290 g/mol. The zero-order valence-electron chi connectivity index (χ0n) is 11.0. The quantitative estimate of drug-likeness (QED) is 0.775. The summed E-state index contributed by atoms with van der Waals surface area (Å²) < 4.78 is 0. The van der Waals surface area contributed by atoms with Crippen LogP contribution >= 0.6 is 23.5 Å². The largest absolute Gasteiger partial charge is 0.310 e. The average Bonchev–Trinajstić information content (AvgIpc) is 2.33. The fourth-order valence-corrected chi connectivity index (χ4v) is 4.06. The molecule has 0 aliphatic carbocycles. The van der Waals surface area contributed by atoms with E-state index >= 15 is 0 Å². The van der Waals surface area contributed by atoms with Gasteiger partial charge in [0, 0.05) is 11.5 Å². The van der Waals surface area contributed by atoms with Crippen LogP contribution in [0.2, 0.25) is 0 Å². The molecule has 0 saturated carbocycles. The van der Waals surface area contributed by atoms with Gasteiger partial charge in [-0.05, 0) is 31.9 Å². The lowest BCUT2D eigenvalue weighted by Gasteiger charge is -2.20. The summed E-state index contributed by atoms with van der Waals surface area (Å²) in [5, 5.41) is 6.13. The molecule has 0 amide bonds. The summed E-state index contributed by atoms with van der Waals surface area (Å²) in [5.41, 5.74) is 0. The number of nitrogens with one attached hydrogen (secondary N) is 2. The van der Waals surface area contributed by atoms with E-state index in [1.165, 1.54) is 0 Å². The third-order valence-corrected chi connectivity index (χ3v) is 5.19. The van der Waals surface area contributed by atoms with Crippen molar-refractivity contribution in [2.45, 2.75) is 25.4 Å². The molecular formula is C12H22N2O2S2. The van der Waals surface area contributed by atoms with E-state index in [1.54, 1.807) is 18.7 Å². The molecule has 1 rings (SSSR count). The lowest BCUT2D eigenvalue weighted by atomic mass is 10.2. The van der Waals surface area contributed by atoms with Crippen molar-refractivity contribution < 1.29 is 9.59 Å². The van der Waals surface area contributed by atoms with Crippen molar-refractivity contribution in [2.75, 3.05) is 36.6 Å². The van der Waals surface area contributed by atoms with Gasteiger partial charge < -0.3 is 5.32 Å². The van der Waals surface area contributed by atoms with Gasteiger partial charge in [-0.25, -0.2) is 0 Å². The Balaban J connectivity index is 2.56. The highest BCUT2D eigenvalue weighted by Gasteiger charge is 2.20. The molecule has 4 nitrogen and oxygen atoms in total. The SMILES string of the molecule is CN[C@H]1CSCCCSC[C@@H](C(C)=O)NCC1=O. The van der Waals surface area contributed by atoms with Crippen LogP contribution in [-0.2, 0) is 9.59 Å². The van der Waals surface area contributed by atoms with Crippen LogP contribution in [0.4, 0.5) is 0 Å². The van der Waals surface area contributed by atoms with Gasteiger partial charge in [-0.1, -0.05) is 0 Å². The second-order valence-corrected chi connectivity index (χ2v) is 6.65. The van der Waals surface area contributed by atoms with Gasteiger partial charge in [-0.15, -0.1) is 0 Å². The predicted octanol–water partition coefficient (Wildman–Crippen LogP) is 0.561. The lowest BCUT2D eigenvalue weighted by molar-refractivity contribution is -0.120. The highest BCUT2D eigenvalue weighted by atomic mass is 32.2. The standard InChI is InChI=1S/C12H22N2O2S2/c1-9(15)10-7-17-4-3-5-18-8-11(13-2)12(16)6-14-10/h10-11,13-14H,3-8H2,1-2H3/t10-,11-/m0/s1. The number of rotatable bonds is 2. The molecule has 2 N–H and O–H groups in total. The summed E-state index contributed by atoms with van der Waals surface area (Å²) >= 11 is 3.61. The molecule has 0 spiro atoms. The summed E-state index contributed by atoms with van der Waals surface area (Å²) in [4.78, 5) is 23.4. The van der Waals surface area contributed by atoms with Crippen LogP contribution in [0.5, 0.6) is 0 Å². The Bertz CT molecular complexity index is 287. The minimum Gasteiger partial charge on any atom is -0.310 e. The van der Waals surface area contributed by atoms with E-state index in [9.17, 15) is 9.59 Å². The molecule has 18 heavy (non-hydrogen) atoms. The highest BCUT2D eigenvalue weighted by molar-refractivity contribution is 8.00. The van der Waals surface area contributed by atoms with E-state index < -0.39 is 0 Å². The van der Waals surface area contributed by atoms with Gasteiger partial charge in [-0.2, -0.15) is 23.5 Å². The Morgan fingerprint density at radius 3 is 2.61 bits per heavy atom. The van der Waals surface area contributed by atoms with Crippen molar-refractivity contribution in [1.29, 1.82) is 0 Å². The first-order valence-electron chi connectivity index (χ1n) is 6.24. The predicted molar refractivity (Wildman–Crippen MR) is 79.6 cm³/mol. The molecule has 0 aromatic carbocycles. The van der Waals surface area contributed by atoms with Crippen LogP contribution in [-0.4, -0.2) is 60.3 Å². The maximum absolute atomic E-state index is 12.0. The van der Waals surface area contributed by atoms with Crippen LogP contribution in [0.3, 0.4) is 0 Å². The van der Waals surface area contributed by atoms with Crippen molar-refractivity contribution in [3.05, 3.63) is 0 Å². The van der Waals surface area contributed by atoms with E-state index in [2.05, 4.69) is 10.6 Å². The minimum absolute atomic E-state index is 0.109. The van der Waals surface area contributed by atoms with Crippen molar-refractivity contribution in [1.82, 2.24) is 10.6 Å². The topological polar surface area (TPSA) is 58.2 Å². The third-order valence-electron chi connectivity index (χ3n) is 2.90. The van der Waals surface area contributed by atoms with Gasteiger partial charge in [0.05, 0.1) is 18.6 Å². The number of Topliss-reactive ketones (excluding diaryl/α,β-unsaturated/α-hetero) is 2. The Morgan fingerprint density at radius 2 is 2.00 bits per heavy atom. The van der Waals surface area contributed by atoms with Crippen molar-refractivity contribution in [3.63, 3.8) is 0 Å². The molecule has 1 heterocycles. The Labute approximate surface area is 117 Å². The number of thioether (sulfide) groups is 2. The molecule has 1 fully saturated rings. The van der Waals surface area contributed by atoms with Crippen molar-refractivity contribution >= 4 is 35.1 Å². The second kappa shape index (κ2) is 8.96. The summed E-state index contributed by atoms with van der Waals surface area (Å²) in [5.74, 6) is 3.99. The summed E-state index contributed by atoms with van der Waals surface area (Å²) in [7, 11) is 1.81. The number of carbonyl (C=O) groups excluding carboxylic acids is 2. The molecule has 0 aromatic rings. The number of hydrogen-bond donors (Lipinski definition) is 2. The normalized spacial score (nSPS) is 28.2. The van der Waals surface area contributed by atoms with Gasteiger partial charge in [-0.3, -0.25) is 14.9 Å². The van der Waals surface area contributed by atoms with Crippen LogP contribution in [0.25, 0.3) is 0 Å². The van der Waals surface area contributed by atoms with Crippen LogP contribution in [0.15, 0.2) is 0 Å². The number of hydrogen-bond acceptors (Lipinski definition) is 6. The van der Waals surface area contributed by atoms with Crippen LogP contribution in [0.1, 0.15) is 13.3 Å². The summed E-state index contributed by atoms with van der Waals surface area (Å²) in [6, 6.07) is -0.300. The highest BCUT2D eigenvalue weighted by Crippen LogP contribution is 2.12. The first kappa shape index (κ1) is 16.0. The van der Waals surface area contributed by atoms with Gasteiger partial charge in [0.25, 0.3) is 0 Å². The van der Waals surface area contributed by atoms with Gasteiger partial charge in [0.15, 0.2) is 5.78 Å². The summed E-state index contributed by atoms with van der Waals surface area (Å²) in [6.07, 6.45) is 1.13. The second-order valence-electron chi connectivity index (χ2n) is 4.36. The molecule has 6 heteroatoms. The fraction of sp³-hybridized carbons (Fsp3) is 0.833. The summed E-state index contributed by atoms with van der Waals surface area (Å²) in [6.45, 7) is 1.86. The molecule has 104 valence electrons. The first-order chi connectivity index (χ1) is 8.65. The van der Waals surface area contributed by atoms with E-state index in [-0.39, 0.29) is 30.2 Å². The molecule has 0 unspecified atom stereocenters. The molecule has 1 aliphatic heterocycles. The first-order valence-corrected chi connectivity index (χ1v) is 8.55. The van der Waals surface area contributed by atoms with Crippen molar-refractivity contribution in [2.24, 2.45) is 0 Å². The Kier molecular flexibility index (Phi) is 7.97. The van der Waals surface area contributed by atoms with E-state index in [4.69, 9.17) is 0 Å². The fourth-order valence-electron chi connectivity index (χ4n) is 1.67. The maximum Gasteiger partial charge on any atom is 0.164 e. The van der Waals surface area contributed by atoms with E-state index in [1.807, 2.05) is 18.8 Å². The zero-order valence-corrected chi connectivity index (χ0v) is 12.7. The van der Waals surface area contributed by atoms with Crippen LogP contribution in [0, 0.1) is 0 Å². The molecule has 1 saturated heterocycles. The lowest BCUT2D eigenvalue weighted by Crippen LogP contribution is -2.47. The molecule has 1 aliphatic rings.